The van der Waals surface area contributed by atoms with Crippen LogP contribution in [0.1, 0.15) is 0 Å². The molecule has 2 N–H and O–H groups in total. The van der Waals surface area contributed by atoms with Gasteiger partial charge in [-0.1, -0.05) is 18.2 Å². The maximum absolute atomic E-state index is 11.6. The average molecular weight is 289 g/mol. The van der Waals surface area contributed by atoms with Crippen molar-refractivity contribution in [3.05, 3.63) is 52.7 Å². The number of pyridine rings is 1. The number of amides is 1. The van der Waals surface area contributed by atoms with Crippen molar-refractivity contribution in [2.45, 2.75) is 0 Å². The zero-order valence-corrected chi connectivity index (χ0v) is 10.7. The highest BCUT2D eigenvalue weighted by Crippen LogP contribution is 2.24. The maximum atomic E-state index is 11.6. The molecule has 0 saturated carbocycles. The standard InChI is InChI=1S/C13H11N3O5/c17-11-6-9(16(19)20)7-14-13(11)15-12(18)8-21-10-4-2-1-3-5-10/h1-7,17H,8H2,(H,14,15,18). The van der Waals surface area contributed by atoms with E-state index in [1.807, 2.05) is 6.07 Å². The summed E-state index contributed by atoms with van der Waals surface area (Å²) < 4.78 is 5.21. The van der Waals surface area contributed by atoms with E-state index in [2.05, 4.69) is 10.3 Å². The summed E-state index contributed by atoms with van der Waals surface area (Å²) in [5.74, 6) is -0.677. The fraction of sp³-hybridized carbons (Fsp3) is 0.0769. The molecule has 0 spiro atoms. The third-order valence-corrected chi connectivity index (χ3v) is 2.43. The summed E-state index contributed by atoms with van der Waals surface area (Å²) in [5, 5.41) is 22.3. The van der Waals surface area contributed by atoms with Gasteiger partial charge in [0.1, 0.15) is 11.9 Å². The van der Waals surface area contributed by atoms with Crippen LogP contribution < -0.4 is 10.1 Å². The number of para-hydroxylation sites is 1. The van der Waals surface area contributed by atoms with Crippen molar-refractivity contribution in [3.8, 4) is 11.5 Å². The number of benzene rings is 1. The lowest BCUT2D eigenvalue weighted by atomic mass is 10.3. The van der Waals surface area contributed by atoms with Gasteiger partial charge in [0.05, 0.1) is 11.0 Å². The molecule has 1 aromatic heterocycles. The summed E-state index contributed by atoms with van der Waals surface area (Å²) in [6.45, 7) is -0.276. The van der Waals surface area contributed by atoms with Crippen LogP contribution in [0.5, 0.6) is 11.5 Å². The number of nitrogens with one attached hydrogen (secondary N) is 1. The second-order valence-corrected chi connectivity index (χ2v) is 3.97. The first-order valence-electron chi connectivity index (χ1n) is 5.87. The molecule has 8 heteroatoms. The Morgan fingerprint density at radius 2 is 2.10 bits per heavy atom. The number of nitro groups is 1. The first-order chi connectivity index (χ1) is 10.1. The van der Waals surface area contributed by atoms with Crippen molar-refractivity contribution >= 4 is 17.4 Å². The van der Waals surface area contributed by atoms with Crippen molar-refractivity contribution < 1.29 is 19.6 Å². The fourth-order valence-corrected chi connectivity index (χ4v) is 1.47. The molecule has 0 bridgehead atoms. The maximum Gasteiger partial charge on any atom is 0.291 e. The number of aromatic nitrogens is 1. The first kappa shape index (κ1) is 14.3. The van der Waals surface area contributed by atoms with Gasteiger partial charge in [0, 0.05) is 0 Å². The number of hydrogen-bond donors (Lipinski definition) is 2. The lowest BCUT2D eigenvalue weighted by Crippen LogP contribution is -2.20. The molecule has 2 aromatic rings. The Balaban J connectivity index is 1.95. The van der Waals surface area contributed by atoms with Gasteiger partial charge in [-0.05, 0) is 12.1 Å². The number of rotatable bonds is 5. The highest BCUT2D eigenvalue weighted by atomic mass is 16.6. The highest BCUT2D eigenvalue weighted by Gasteiger charge is 2.13. The zero-order valence-electron chi connectivity index (χ0n) is 10.7. The molecule has 1 amide bonds. The number of anilines is 1. The normalized spacial score (nSPS) is 9.90. The molecular formula is C13H11N3O5. The van der Waals surface area contributed by atoms with Gasteiger partial charge in [0.2, 0.25) is 0 Å². The minimum absolute atomic E-state index is 0.165. The Kier molecular flexibility index (Phi) is 4.30. The zero-order chi connectivity index (χ0) is 15.2. The molecular weight excluding hydrogens is 278 g/mol. The van der Waals surface area contributed by atoms with Crippen molar-refractivity contribution in [3.63, 3.8) is 0 Å². The van der Waals surface area contributed by atoms with Crippen molar-refractivity contribution in [1.82, 2.24) is 4.98 Å². The molecule has 1 aromatic carbocycles. The van der Waals surface area contributed by atoms with E-state index < -0.39 is 16.6 Å². The number of aromatic hydroxyl groups is 1. The van der Waals surface area contributed by atoms with Gasteiger partial charge < -0.3 is 15.2 Å². The minimum atomic E-state index is -0.698. The van der Waals surface area contributed by atoms with Crippen LogP contribution in [-0.2, 0) is 4.79 Å². The second kappa shape index (κ2) is 6.33. The van der Waals surface area contributed by atoms with Crippen LogP contribution in [0.4, 0.5) is 11.5 Å². The molecule has 0 unspecified atom stereocenters. The third kappa shape index (κ3) is 3.90. The van der Waals surface area contributed by atoms with E-state index >= 15 is 0 Å². The van der Waals surface area contributed by atoms with Crippen LogP contribution in [0.2, 0.25) is 0 Å². The molecule has 0 aliphatic heterocycles. The molecule has 0 aliphatic carbocycles. The van der Waals surface area contributed by atoms with E-state index in [9.17, 15) is 20.0 Å². The molecule has 0 aliphatic rings. The summed E-state index contributed by atoms with van der Waals surface area (Å²) in [6, 6.07) is 9.62. The molecule has 1 heterocycles. The molecule has 0 fully saturated rings. The van der Waals surface area contributed by atoms with E-state index in [1.165, 1.54) is 0 Å². The predicted molar refractivity (Wildman–Crippen MR) is 73.1 cm³/mol. The van der Waals surface area contributed by atoms with Crippen LogP contribution in [-0.4, -0.2) is 27.5 Å². The average Bonchev–Trinajstić information content (AvgIpc) is 2.48. The number of carbonyl (C=O) groups excluding carboxylic acids is 1. The summed E-state index contributed by atoms with van der Waals surface area (Å²) >= 11 is 0. The van der Waals surface area contributed by atoms with Gasteiger partial charge in [-0.15, -0.1) is 0 Å². The van der Waals surface area contributed by atoms with Crippen molar-refractivity contribution in [1.29, 1.82) is 0 Å². The summed E-state index contributed by atoms with van der Waals surface area (Å²) in [6.07, 6.45) is 0.938. The lowest BCUT2D eigenvalue weighted by molar-refractivity contribution is -0.385. The molecule has 2 rings (SSSR count). The Hall–Kier alpha value is -3.16. The van der Waals surface area contributed by atoms with E-state index in [0.717, 1.165) is 12.3 Å². The predicted octanol–water partition coefficient (Wildman–Crippen LogP) is 1.71. The Morgan fingerprint density at radius 1 is 1.38 bits per heavy atom. The Morgan fingerprint density at radius 3 is 2.71 bits per heavy atom. The third-order valence-electron chi connectivity index (χ3n) is 2.43. The molecule has 0 atom stereocenters. The highest BCUT2D eigenvalue weighted by molar-refractivity contribution is 5.92. The number of carbonyl (C=O) groups is 1. The summed E-state index contributed by atoms with van der Waals surface area (Å²) in [7, 11) is 0. The molecule has 8 nitrogen and oxygen atoms in total. The molecule has 21 heavy (non-hydrogen) atoms. The Labute approximate surface area is 119 Å². The van der Waals surface area contributed by atoms with Gasteiger partial charge in [-0.2, -0.15) is 0 Å². The van der Waals surface area contributed by atoms with Gasteiger partial charge in [0.15, 0.2) is 18.2 Å². The largest absolute Gasteiger partial charge is 0.504 e. The van der Waals surface area contributed by atoms with Crippen LogP contribution in [0.25, 0.3) is 0 Å². The fourth-order valence-electron chi connectivity index (χ4n) is 1.47. The topological polar surface area (TPSA) is 115 Å². The number of ether oxygens (including phenoxy) is 1. The van der Waals surface area contributed by atoms with Gasteiger partial charge in [0.25, 0.3) is 11.6 Å². The quantitative estimate of drug-likeness (QED) is 0.639. The van der Waals surface area contributed by atoms with Crippen LogP contribution in [0, 0.1) is 10.1 Å². The van der Waals surface area contributed by atoms with Gasteiger partial charge in [-0.3, -0.25) is 14.9 Å². The van der Waals surface area contributed by atoms with Crippen LogP contribution in [0.15, 0.2) is 42.6 Å². The number of nitrogens with zero attached hydrogens (tertiary/aromatic N) is 2. The minimum Gasteiger partial charge on any atom is -0.504 e. The Bertz CT molecular complexity index is 660. The molecule has 0 radical (unpaired) electrons. The van der Waals surface area contributed by atoms with E-state index in [0.29, 0.717) is 5.75 Å². The van der Waals surface area contributed by atoms with Crippen molar-refractivity contribution in [2.24, 2.45) is 0 Å². The SMILES string of the molecule is O=C(COc1ccccc1)Nc1ncc([N+](=O)[O-])cc1O. The molecule has 108 valence electrons. The second-order valence-electron chi connectivity index (χ2n) is 3.97. The van der Waals surface area contributed by atoms with Crippen molar-refractivity contribution in [2.75, 3.05) is 11.9 Å². The van der Waals surface area contributed by atoms with E-state index in [4.69, 9.17) is 4.74 Å². The first-order valence-corrected chi connectivity index (χ1v) is 5.87. The van der Waals surface area contributed by atoms with Crippen LogP contribution in [0.3, 0.4) is 0 Å². The van der Waals surface area contributed by atoms with E-state index in [1.54, 1.807) is 24.3 Å². The smallest absolute Gasteiger partial charge is 0.291 e. The monoisotopic (exact) mass is 289 g/mol. The van der Waals surface area contributed by atoms with Gasteiger partial charge in [-0.25, -0.2) is 4.98 Å². The molecule has 0 saturated heterocycles. The number of hydrogen-bond acceptors (Lipinski definition) is 6. The lowest BCUT2D eigenvalue weighted by Gasteiger charge is -2.07. The summed E-state index contributed by atoms with van der Waals surface area (Å²) in [4.78, 5) is 25.0. The van der Waals surface area contributed by atoms with Gasteiger partial charge >= 0.3 is 0 Å². The van der Waals surface area contributed by atoms with E-state index in [-0.39, 0.29) is 18.1 Å². The van der Waals surface area contributed by atoms with Crippen LogP contribution >= 0.6 is 0 Å². The summed E-state index contributed by atoms with van der Waals surface area (Å²) in [5.41, 5.74) is -0.369.